The van der Waals surface area contributed by atoms with Gasteiger partial charge < -0.3 is 15.4 Å². The van der Waals surface area contributed by atoms with Gasteiger partial charge in [0.25, 0.3) is 0 Å². The highest BCUT2D eigenvalue weighted by molar-refractivity contribution is 7.13. The molecule has 2 N–H and O–H groups in total. The zero-order valence-corrected chi connectivity index (χ0v) is 17.3. The number of anilines is 1. The smallest absolute Gasteiger partial charge is 0.183 e. The maximum atomic E-state index is 5.66. The van der Waals surface area contributed by atoms with E-state index in [0.717, 1.165) is 49.3 Å². The predicted octanol–water partition coefficient (Wildman–Crippen LogP) is 5.03. The Morgan fingerprint density at radius 2 is 2.07 bits per heavy atom. The van der Waals surface area contributed by atoms with Crippen LogP contribution < -0.4 is 10.6 Å². The number of aromatic nitrogens is 1. The summed E-state index contributed by atoms with van der Waals surface area (Å²) in [5.41, 5.74) is 2.41. The van der Waals surface area contributed by atoms with E-state index in [1.54, 1.807) is 17.5 Å². The molecule has 2 fully saturated rings. The van der Waals surface area contributed by atoms with Crippen LogP contribution in [0.5, 0.6) is 0 Å². The molecule has 2 heterocycles. The summed E-state index contributed by atoms with van der Waals surface area (Å²) >= 11 is 7.30. The van der Waals surface area contributed by atoms with Gasteiger partial charge in [0.15, 0.2) is 5.13 Å². The Morgan fingerprint density at radius 1 is 1.26 bits per heavy atom. The second kappa shape index (κ2) is 11.5. The molecule has 1 aromatic heterocycles. The Hall–Kier alpha value is -1.37. The van der Waals surface area contributed by atoms with Crippen molar-refractivity contribution >= 4 is 40.0 Å². The number of thiazole rings is 1. The van der Waals surface area contributed by atoms with E-state index in [9.17, 15) is 0 Å². The van der Waals surface area contributed by atoms with E-state index in [1.807, 2.05) is 12.2 Å². The SMILES string of the molecule is Cl/C=C/NC(/C=C/c1csc(NCC2CCOCC2)n1)=NC1CCCCC1. The van der Waals surface area contributed by atoms with Crippen molar-refractivity contribution in [3.8, 4) is 0 Å². The van der Waals surface area contributed by atoms with Gasteiger partial charge in [-0.3, -0.25) is 4.99 Å². The lowest BCUT2D eigenvalue weighted by Gasteiger charge is -2.21. The molecule has 0 aromatic carbocycles. The Kier molecular flexibility index (Phi) is 8.65. The first-order valence-electron chi connectivity index (χ1n) is 9.88. The molecule has 2 aliphatic rings. The van der Waals surface area contributed by atoms with E-state index in [-0.39, 0.29) is 0 Å². The van der Waals surface area contributed by atoms with E-state index >= 15 is 0 Å². The summed E-state index contributed by atoms with van der Waals surface area (Å²) in [4.78, 5) is 9.51. The van der Waals surface area contributed by atoms with Crippen molar-refractivity contribution in [2.45, 2.75) is 51.0 Å². The first kappa shape index (κ1) is 20.4. The van der Waals surface area contributed by atoms with Crippen LogP contribution in [0.3, 0.4) is 0 Å². The normalized spacial score (nSPS) is 20.6. The molecule has 0 amide bonds. The highest BCUT2D eigenvalue weighted by atomic mass is 35.5. The molecule has 1 saturated heterocycles. The van der Waals surface area contributed by atoms with Gasteiger partial charge >= 0.3 is 0 Å². The maximum Gasteiger partial charge on any atom is 0.183 e. The number of amidine groups is 1. The summed E-state index contributed by atoms with van der Waals surface area (Å²) in [7, 11) is 0. The van der Waals surface area contributed by atoms with Crippen LogP contribution in [-0.2, 0) is 4.74 Å². The van der Waals surface area contributed by atoms with Gasteiger partial charge in [-0.2, -0.15) is 0 Å². The van der Waals surface area contributed by atoms with Crippen LogP contribution in [0.25, 0.3) is 6.08 Å². The molecular formula is C20H29ClN4OS. The van der Waals surface area contributed by atoms with Gasteiger partial charge in [0.05, 0.1) is 11.7 Å². The number of nitrogens with zero attached hydrogens (tertiary/aromatic N) is 2. The molecule has 0 spiro atoms. The second-order valence-electron chi connectivity index (χ2n) is 7.09. The number of halogens is 1. The van der Waals surface area contributed by atoms with Gasteiger partial charge in [-0.1, -0.05) is 30.9 Å². The van der Waals surface area contributed by atoms with Gasteiger partial charge in [-0.25, -0.2) is 4.98 Å². The van der Waals surface area contributed by atoms with Crippen molar-refractivity contribution in [1.82, 2.24) is 10.3 Å². The fraction of sp³-hybridized carbons (Fsp3) is 0.600. The van der Waals surface area contributed by atoms with Gasteiger partial charge in [-0.15, -0.1) is 11.3 Å². The third kappa shape index (κ3) is 7.28. The summed E-state index contributed by atoms with van der Waals surface area (Å²) in [6.07, 6.45) is 14.2. The Bertz CT molecular complexity index is 646. The van der Waals surface area contributed by atoms with E-state index < -0.39 is 0 Å². The van der Waals surface area contributed by atoms with E-state index in [1.165, 1.54) is 37.6 Å². The van der Waals surface area contributed by atoms with Crippen LogP contribution in [0, 0.1) is 5.92 Å². The van der Waals surface area contributed by atoms with Gasteiger partial charge in [0.2, 0.25) is 0 Å². The van der Waals surface area contributed by atoms with Crippen LogP contribution in [0.2, 0.25) is 0 Å². The lowest BCUT2D eigenvalue weighted by molar-refractivity contribution is 0.0699. The molecule has 148 valence electrons. The molecule has 0 bridgehead atoms. The molecular weight excluding hydrogens is 380 g/mol. The zero-order chi connectivity index (χ0) is 18.7. The molecule has 0 atom stereocenters. The summed E-state index contributed by atoms with van der Waals surface area (Å²) in [5, 5.41) is 9.67. The average Bonchev–Trinajstić information content (AvgIpc) is 3.18. The fourth-order valence-corrected chi connectivity index (χ4v) is 4.19. The number of ether oxygens (including phenoxy) is 1. The maximum absolute atomic E-state index is 5.66. The summed E-state index contributed by atoms with van der Waals surface area (Å²) in [5.74, 6) is 1.52. The summed E-state index contributed by atoms with van der Waals surface area (Å²) < 4.78 is 5.41. The van der Waals surface area contributed by atoms with Crippen LogP contribution >= 0.6 is 22.9 Å². The minimum absolute atomic E-state index is 0.404. The highest BCUT2D eigenvalue weighted by Gasteiger charge is 2.14. The molecule has 1 aliphatic heterocycles. The fourth-order valence-electron chi connectivity index (χ4n) is 3.44. The van der Waals surface area contributed by atoms with E-state index in [2.05, 4.69) is 21.0 Å². The van der Waals surface area contributed by atoms with Crippen LogP contribution in [0.1, 0.15) is 50.6 Å². The van der Waals surface area contributed by atoms with Gasteiger partial charge in [0.1, 0.15) is 5.84 Å². The first-order chi connectivity index (χ1) is 13.3. The lowest BCUT2D eigenvalue weighted by Crippen LogP contribution is -2.22. The molecule has 1 saturated carbocycles. The standard InChI is InChI=1S/C20H29ClN4OS/c21-10-11-22-19(24-17-4-2-1-3-5-17)7-6-18-15-27-20(25-18)23-14-16-8-12-26-13-9-16/h6-7,10-11,15-17H,1-5,8-9,12-14H2,(H,22,24)(H,23,25)/b7-6+,11-10+. The zero-order valence-electron chi connectivity index (χ0n) is 15.7. The molecule has 1 aromatic rings. The first-order valence-corrected chi connectivity index (χ1v) is 11.2. The average molecular weight is 409 g/mol. The number of rotatable bonds is 7. The highest BCUT2D eigenvalue weighted by Crippen LogP contribution is 2.21. The quantitative estimate of drug-likeness (QED) is 0.491. The molecule has 27 heavy (non-hydrogen) atoms. The monoisotopic (exact) mass is 408 g/mol. The third-order valence-corrected chi connectivity index (χ3v) is 5.95. The second-order valence-corrected chi connectivity index (χ2v) is 8.20. The Morgan fingerprint density at radius 3 is 2.85 bits per heavy atom. The van der Waals surface area contributed by atoms with Crippen molar-refractivity contribution in [1.29, 1.82) is 0 Å². The van der Waals surface area contributed by atoms with Crippen molar-refractivity contribution in [3.63, 3.8) is 0 Å². The van der Waals surface area contributed by atoms with E-state index in [4.69, 9.17) is 21.3 Å². The predicted molar refractivity (Wildman–Crippen MR) is 116 cm³/mol. The number of hydrogen-bond donors (Lipinski definition) is 2. The van der Waals surface area contributed by atoms with Crippen molar-refractivity contribution in [2.24, 2.45) is 10.9 Å². The van der Waals surface area contributed by atoms with Crippen molar-refractivity contribution in [3.05, 3.63) is 28.9 Å². The third-order valence-electron chi connectivity index (χ3n) is 5.01. The minimum Gasteiger partial charge on any atom is -0.381 e. The van der Waals surface area contributed by atoms with Crippen LogP contribution in [-0.4, -0.2) is 36.6 Å². The molecule has 0 unspecified atom stereocenters. The minimum atomic E-state index is 0.404. The van der Waals surface area contributed by atoms with Crippen LogP contribution in [0.4, 0.5) is 5.13 Å². The molecule has 7 heteroatoms. The lowest BCUT2D eigenvalue weighted by atomic mass is 9.96. The molecule has 3 rings (SSSR count). The van der Waals surface area contributed by atoms with E-state index in [0.29, 0.717) is 12.0 Å². The van der Waals surface area contributed by atoms with Gasteiger partial charge in [0, 0.05) is 36.9 Å². The Balaban J connectivity index is 1.55. The Labute approximate surface area is 171 Å². The summed E-state index contributed by atoms with van der Waals surface area (Å²) in [6.45, 7) is 2.73. The number of hydrogen-bond acceptors (Lipinski definition) is 5. The topological polar surface area (TPSA) is 58.5 Å². The number of aliphatic imine (C=N–C) groups is 1. The van der Waals surface area contributed by atoms with Crippen LogP contribution in [0.15, 0.2) is 28.2 Å². The molecule has 5 nitrogen and oxygen atoms in total. The largest absolute Gasteiger partial charge is 0.381 e. The summed E-state index contributed by atoms with van der Waals surface area (Å²) in [6, 6.07) is 0.404. The van der Waals surface area contributed by atoms with Crippen molar-refractivity contribution in [2.75, 3.05) is 25.1 Å². The van der Waals surface area contributed by atoms with Crippen molar-refractivity contribution < 1.29 is 4.74 Å². The molecule has 0 radical (unpaired) electrons. The molecule has 1 aliphatic carbocycles. The van der Waals surface area contributed by atoms with Gasteiger partial charge in [-0.05, 0) is 43.8 Å². The number of nitrogens with one attached hydrogen (secondary N) is 2.